The lowest BCUT2D eigenvalue weighted by Crippen LogP contribution is -2.10. The van der Waals surface area contributed by atoms with Crippen LogP contribution in [0.25, 0.3) is 0 Å². The van der Waals surface area contributed by atoms with Gasteiger partial charge in [-0.1, -0.05) is 11.6 Å². The fraction of sp³-hybridized carbons (Fsp3) is 0.500. The van der Waals surface area contributed by atoms with Crippen LogP contribution in [-0.2, 0) is 4.74 Å². The van der Waals surface area contributed by atoms with Crippen molar-refractivity contribution < 1.29 is 4.74 Å². The number of nitrogens with zero attached hydrogens (tertiary/aromatic N) is 1. The standard InChI is InChI=1S/C6H7Cl2NO/c1-10-5-4(7)2-3-9-6(5)8/h3-4H,2H2,1H3. The van der Waals surface area contributed by atoms with Crippen molar-refractivity contribution in [1.82, 2.24) is 0 Å². The van der Waals surface area contributed by atoms with E-state index in [0.29, 0.717) is 17.3 Å². The van der Waals surface area contributed by atoms with Gasteiger partial charge < -0.3 is 4.74 Å². The van der Waals surface area contributed by atoms with E-state index >= 15 is 0 Å². The van der Waals surface area contributed by atoms with Gasteiger partial charge in [0.2, 0.25) is 0 Å². The molecule has 1 aliphatic rings. The molecule has 4 heteroatoms. The van der Waals surface area contributed by atoms with Gasteiger partial charge in [0, 0.05) is 12.6 Å². The lowest BCUT2D eigenvalue weighted by Gasteiger charge is -2.14. The van der Waals surface area contributed by atoms with E-state index in [1.807, 2.05) is 0 Å². The van der Waals surface area contributed by atoms with Crippen molar-refractivity contribution in [2.45, 2.75) is 11.8 Å². The predicted molar refractivity (Wildman–Crippen MR) is 42.6 cm³/mol. The van der Waals surface area contributed by atoms with Crippen molar-refractivity contribution in [2.75, 3.05) is 7.11 Å². The number of hydrogen-bond acceptors (Lipinski definition) is 2. The van der Waals surface area contributed by atoms with Gasteiger partial charge in [-0.25, -0.2) is 4.99 Å². The molecule has 0 aliphatic carbocycles. The monoisotopic (exact) mass is 179 g/mol. The number of rotatable bonds is 1. The zero-order valence-electron chi connectivity index (χ0n) is 5.47. The maximum absolute atomic E-state index is 5.82. The van der Waals surface area contributed by atoms with E-state index in [1.165, 1.54) is 7.11 Å². The summed E-state index contributed by atoms with van der Waals surface area (Å²) >= 11 is 11.5. The minimum atomic E-state index is -0.157. The smallest absolute Gasteiger partial charge is 0.167 e. The Kier molecular flexibility index (Phi) is 2.57. The molecule has 0 N–H and O–H groups in total. The van der Waals surface area contributed by atoms with Crippen LogP contribution in [-0.4, -0.2) is 18.7 Å². The first kappa shape index (κ1) is 7.89. The Bertz CT molecular complexity index is 188. The topological polar surface area (TPSA) is 21.6 Å². The van der Waals surface area contributed by atoms with Gasteiger partial charge in [-0.15, -0.1) is 11.6 Å². The largest absolute Gasteiger partial charge is 0.496 e. The quantitative estimate of drug-likeness (QED) is 0.447. The number of halogens is 2. The number of hydrogen-bond donors (Lipinski definition) is 0. The highest BCUT2D eigenvalue weighted by molar-refractivity contribution is 6.32. The minimum Gasteiger partial charge on any atom is -0.496 e. The Labute approximate surface area is 69.5 Å². The highest BCUT2D eigenvalue weighted by Crippen LogP contribution is 2.24. The molecule has 1 heterocycles. The first-order valence-corrected chi connectivity index (χ1v) is 3.67. The minimum absolute atomic E-state index is 0.157. The van der Waals surface area contributed by atoms with Gasteiger partial charge in [-0.2, -0.15) is 0 Å². The van der Waals surface area contributed by atoms with Crippen LogP contribution >= 0.6 is 23.2 Å². The number of aliphatic imine (C=N–C) groups is 1. The van der Waals surface area contributed by atoms with E-state index in [-0.39, 0.29) is 5.38 Å². The molecule has 0 saturated heterocycles. The summed E-state index contributed by atoms with van der Waals surface area (Å²) in [6, 6.07) is 0. The van der Waals surface area contributed by atoms with Crippen LogP contribution in [0.4, 0.5) is 0 Å². The molecule has 0 aromatic heterocycles. The zero-order valence-corrected chi connectivity index (χ0v) is 6.99. The van der Waals surface area contributed by atoms with Gasteiger partial charge in [-0.05, 0) is 0 Å². The van der Waals surface area contributed by atoms with Gasteiger partial charge in [0.25, 0.3) is 0 Å². The summed E-state index contributed by atoms with van der Waals surface area (Å²) in [7, 11) is 1.54. The Balaban J connectivity index is 2.83. The third-order valence-corrected chi connectivity index (χ3v) is 1.88. The van der Waals surface area contributed by atoms with Gasteiger partial charge in [-0.3, -0.25) is 0 Å². The summed E-state index contributed by atoms with van der Waals surface area (Å²) in [6.45, 7) is 0. The predicted octanol–water partition coefficient (Wildman–Crippen LogP) is 2.12. The maximum Gasteiger partial charge on any atom is 0.167 e. The molecule has 0 bridgehead atoms. The number of ether oxygens (including phenoxy) is 1. The number of methoxy groups -OCH3 is 1. The number of allylic oxidation sites excluding steroid dienone is 1. The average Bonchev–Trinajstić information content (AvgIpc) is 1.88. The second-order valence-electron chi connectivity index (χ2n) is 1.87. The van der Waals surface area contributed by atoms with Crippen molar-refractivity contribution >= 4 is 29.4 Å². The summed E-state index contributed by atoms with van der Waals surface area (Å²) in [6.07, 6.45) is 2.36. The molecule has 0 aromatic carbocycles. The van der Waals surface area contributed by atoms with Crippen LogP contribution in [0.1, 0.15) is 6.42 Å². The maximum atomic E-state index is 5.82. The SMILES string of the molecule is COC1=C(Cl)N=CCC1Cl. The third-order valence-electron chi connectivity index (χ3n) is 1.22. The fourth-order valence-electron chi connectivity index (χ4n) is 0.737. The molecule has 0 aromatic rings. The Morgan fingerprint density at radius 3 is 2.90 bits per heavy atom. The molecule has 1 unspecified atom stereocenters. The van der Waals surface area contributed by atoms with E-state index in [1.54, 1.807) is 6.21 Å². The molecule has 1 atom stereocenters. The van der Waals surface area contributed by atoms with Crippen LogP contribution in [0.5, 0.6) is 0 Å². The molecule has 1 rings (SSSR count). The van der Waals surface area contributed by atoms with Crippen LogP contribution in [0.2, 0.25) is 0 Å². The van der Waals surface area contributed by atoms with E-state index in [2.05, 4.69) is 4.99 Å². The summed E-state index contributed by atoms with van der Waals surface area (Å²) in [5.74, 6) is 0.561. The van der Waals surface area contributed by atoms with Crippen LogP contribution < -0.4 is 0 Å². The highest BCUT2D eigenvalue weighted by atomic mass is 35.5. The molecular weight excluding hydrogens is 173 g/mol. The lowest BCUT2D eigenvalue weighted by atomic mass is 10.2. The van der Waals surface area contributed by atoms with Crippen molar-refractivity contribution in [2.24, 2.45) is 4.99 Å². The van der Waals surface area contributed by atoms with E-state index in [4.69, 9.17) is 27.9 Å². The first-order chi connectivity index (χ1) is 4.75. The van der Waals surface area contributed by atoms with Gasteiger partial charge in [0.15, 0.2) is 10.9 Å². The Morgan fingerprint density at radius 2 is 2.50 bits per heavy atom. The van der Waals surface area contributed by atoms with E-state index in [0.717, 1.165) is 0 Å². The first-order valence-electron chi connectivity index (χ1n) is 2.86. The van der Waals surface area contributed by atoms with Gasteiger partial charge >= 0.3 is 0 Å². The zero-order chi connectivity index (χ0) is 7.56. The highest BCUT2D eigenvalue weighted by Gasteiger charge is 2.17. The molecule has 0 fully saturated rings. The van der Waals surface area contributed by atoms with Crippen molar-refractivity contribution in [3.63, 3.8) is 0 Å². The molecule has 0 saturated carbocycles. The third kappa shape index (κ3) is 1.44. The Hall–Kier alpha value is -0.210. The number of alkyl halides is 1. The fourth-order valence-corrected chi connectivity index (χ4v) is 1.34. The summed E-state index contributed by atoms with van der Waals surface area (Å²) < 4.78 is 4.92. The second kappa shape index (κ2) is 3.26. The molecular formula is C6H7Cl2NO. The second-order valence-corrected chi connectivity index (χ2v) is 2.76. The van der Waals surface area contributed by atoms with Crippen molar-refractivity contribution in [1.29, 1.82) is 0 Å². The molecule has 56 valence electrons. The molecule has 0 radical (unpaired) electrons. The van der Waals surface area contributed by atoms with Crippen LogP contribution in [0.15, 0.2) is 15.9 Å². The van der Waals surface area contributed by atoms with E-state index < -0.39 is 0 Å². The van der Waals surface area contributed by atoms with Crippen molar-refractivity contribution in [3.8, 4) is 0 Å². The molecule has 0 spiro atoms. The van der Waals surface area contributed by atoms with Crippen molar-refractivity contribution in [3.05, 3.63) is 10.9 Å². The van der Waals surface area contributed by atoms with Gasteiger partial charge in [0.1, 0.15) is 0 Å². The molecule has 10 heavy (non-hydrogen) atoms. The summed E-state index contributed by atoms with van der Waals surface area (Å²) in [4.78, 5) is 3.84. The molecule has 0 amide bonds. The van der Waals surface area contributed by atoms with Crippen LogP contribution in [0.3, 0.4) is 0 Å². The van der Waals surface area contributed by atoms with Gasteiger partial charge in [0.05, 0.1) is 12.5 Å². The summed E-state index contributed by atoms with van der Waals surface area (Å²) in [5, 5.41) is 0.198. The Morgan fingerprint density at radius 1 is 1.80 bits per heavy atom. The lowest BCUT2D eigenvalue weighted by molar-refractivity contribution is 0.277. The van der Waals surface area contributed by atoms with Crippen LogP contribution in [0, 0.1) is 0 Å². The molecule has 2 nitrogen and oxygen atoms in total. The van der Waals surface area contributed by atoms with E-state index in [9.17, 15) is 0 Å². The summed E-state index contributed by atoms with van der Waals surface area (Å²) in [5.41, 5.74) is 0. The molecule has 1 aliphatic heterocycles. The normalized spacial score (nSPS) is 25.3. The average molecular weight is 180 g/mol.